The van der Waals surface area contributed by atoms with Crippen molar-refractivity contribution in [2.75, 3.05) is 5.32 Å². The summed E-state index contributed by atoms with van der Waals surface area (Å²) in [6.07, 6.45) is 0. The molecule has 0 fully saturated rings. The highest BCUT2D eigenvalue weighted by molar-refractivity contribution is 6.52. The summed E-state index contributed by atoms with van der Waals surface area (Å²) in [5, 5.41) is 4.67. The molecule has 0 atom stereocenters. The van der Waals surface area contributed by atoms with E-state index in [1.807, 2.05) is 42.5 Å². The first-order chi connectivity index (χ1) is 13.6. The van der Waals surface area contributed by atoms with Crippen LogP contribution in [0, 0.1) is 13.8 Å². The molecule has 144 valence electrons. The zero-order valence-corrected chi connectivity index (χ0v) is 16.9. The summed E-state index contributed by atoms with van der Waals surface area (Å²) in [6, 6.07) is 22.0. The summed E-state index contributed by atoms with van der Waals surface area (Å²) in [7, 11) is 0. The first-order valence-electron chi connectivity index (χ1n) is 9.35. The van der Waals surface area contributed by atoms with E-state index in [0.717, 1.165) is 44.8 Å². The van der Waals surface area contributed by atoms with Gasteiger partial charge >= 0.3 is 0 Å². The van der Waals surface area contributed by atoms with E-state index in [-0.39, 0.29) is 18.2 Å². The Kier molecular flexibility index (Phi) is 4.73. The van der Waals surface area contributed by atoms with Crippen LogP contribution in [0.25, 0.3) is 10.9 Å². The van der Waals surface area contributed by atoms with E-state index in [4.69, 9.17) is 0 Å². The second-order valence-electron chi connectivity index (χ2n) is 7.19. The molecule has 5 heteroatoms. The average molecular weight is 402 g/mol. The topological polar surface area (TPSA) is 58.9 Å². The molecule has 0 saturated heterocycles. The number of hydrogen-bond acceptors (Lipinski definition) is 2. The average Bonchev–Trinajstić information content (AvgIpc) is 3.23. The van der Waals surface area contributed by atoms with Gasteiger partial charge in [0.25, 0.3) is 11.5 Å². The number of carbonyl (C=O) groups excluding carboxylic acids is 1. The molecular weight excluding hydrogens is 382 g/mol. The first-order valence-corrected chi connectivity index (χ1v) is 9.35. The molecule has 3 N–H and O–H groups in total. The van der Waals surface area contributed by atoms with E-state index in [2.05, 4.69) is 53.4 Å². The van der Waals surface area contributed by atoms with Crippen LogP contribution in [0.15, 0.2) is 66.7 Å². The number of aryl methyl sites for hydroxylation is 2. The Morgan fingerprint density at radius 3 is 2.28 bits per heavy atom. The molecule has 5 rings (SSSR count). The van der Waals surface area contributed by atoms with Crippen molar-refractivity contribution in [3.05, 3.63) is 89.1 Å². The number of Topliss-reactive ketones (excluding diaryl/α,β-unsaturated/α-hetero) is 1. The van der Waals surface area contributed by atoms with Crippen molar-refractivity contribution in [2.45, 2.75) is 13.8 Å². The fourth-order valence-electron chi connectivity index (χ4n) is 3.89. The van der Waals surface area contributed by atoms with Crippen LogP contribution < -0.4 is 22.7 Å². The third-order valence-electron chi connectivity index (χ3n) is 5.35. The Morgan fingerprint density at radius 1 is 0.828 bits per heavy atom. The van der Waals surface area contributed by atoms with Gasteiger partial charge in [-0.1, -0.05) is 48.5 Å². The fourth-order valence-corrected chi connectivity index (χ4v) is 3.89. The van der Waals surface area contributed by atoms with E-state index in [1.54, 1.807) is 0 Å². The van der Waals surface area contributed by atoms with Crippen LogP contribution >= 0.6 is 0 Å². The Labute approximate surface area is 175 Å². The van der Waals surface area contributed by atoms with Gasteiger partial charge in [-0.15, -0.1) is 0 Å². The maximum Gasteiger partial charge on any atom is 0.278 e. The zero-order valence-electron chi connectivity index (χ0n) is 16.1. The number of ketones is 1. The summed E-state index contributed by atoms with van der Waals surface area (Å²) in [4.78, 5) is 19.8. The zero-order chi connectivity index (χ0) is 19.3. The fraction of sp³-hybridized carbons (Fsp3) is 0.0833. The van der Waals surface area contributed by atoms with Gasteiger partial charge in [-0.25, -0.2) is 0 Å². The maximum atomic E-state index is 13.1. The van der Waals surface area contributed by atoms with Gasteiger partial charge in [-0.05, 0) is 37.1 Å². The summed E-state index contributed by atoms with van der Waals surface area (Å²) >= 11 is 0. The molecule has 4 aromatic rings. The number of para-hydroxylation sites is 3. The predicted molar refractivity (Wildman–Crippen MR) is 113 cm³/mol. The number of nitrogens with one attached hydrogen (secondary N) is 3. The van der Waals surface area contributed by atoms with Crippen molar-refractivity contribution in [3.8, 4) is 0 Å². The highest BCUT2D eigenvalue weighted by atomic mass is 35.5. The van der Waals surface area contributed by atoms with Crippen LogP contribution in [0.2, 0.25) is 0 Å². The number of anilines is 2. The van der Waals surface area contributed by atoms with Crippen LogP contribution in [0.3, 0.4) is 0 Å². The molecule has 1 aliphatic heterocycles. The number of benzene rings is 3. The van der Waals surface area contributed by atoms with Gasteiger partial charge in [0, 0.05) is 22.7 Å². The summed E-state index contributed by atoms with van der Waals surface area (Å²) in [5.74, 6) is 0.00621. The molecule has 0 spiro atoms. The first kappa shape index (κ1) is 19.0. The lowest BCUT2D eigenvalue weighted by molar-refractivity contribution is -0.348. The van der Waals surface area contributed by atoms with Gasteiger partial charge in [0.1, 0.15) is 11.3 Å². The molecule has 4 nitrogen and oxygen atoms in total. The Bertz CT molecular complexity index is 1270. The summed E-state index contributed by atoms with van der Waals surface area (Å²) in [6.45, 7) is 4.18. The van der Waals surface area contributed by atoms with Crippen LogP contribution in [-0.2, 0) is 0 Å². The predicted octanol–water partition coefficient (Wildman–Crippen LogP) is 0.930. The molecule has 29 heavy (non-hydrogen) atoms. The monoisotopic (exact) mass is 401 g/mol. The van der Waals surface area contributed by atoms with Crippen LogP contribution in [-0.4, -0.2) is 16.5 Å². The van der Waals surface area contributed by atoms with E-state index in [0.29, 0.717) is 11.3 Å². The van der Waals surface area contributed by atoms with Crippen molar-refractivity contribution in [1.29, 1.82) is 0 Å². The van der Waals surface area contributed by atoms with E-state index in [1.165, 1.54) is 0 Å². The van der Waals surface area contributed by atoms with Crippen LogP contribution in [0.4, 0.5) is 17.1 Å². The Morgan fingerprint density at radius 2 is 1.52 bits per heavy atom. The summed E-state index contributed by atoms with van der Waals surface area (Å²) in [5.41, 5.74) is 8.20. The molecule has 0 saturated carbocycles. The smallest absolute Gasteiger partial charge is 0.278 e. The molecule has 0 radical (unpaired) electrons. The lowest BCUT2D eigenvalue weighted by Crippen LogP contribution is -3.00. The number of aromatic amines is 1. The second kappa shape index (κ2) is 7.22. The largest absolute Gasteiger partial charge is 1.00 e. The quantitative estimate of drug-likeness (QED) is 0.478. The lowest BCUT2D eigenvalue weighted by atomic mass is 10.0. The van der Waals surface area contributed by atoms with E-state index >= 15 is 0 Å². The number of H-pyrrole nitrogens is 1. The van der Waals surface area contributed by atoms with Gasteiger partial charge in [0.15, 0.2) is 0 Å². The Hall–Kier alpha value is -3.37. The number of carbonyl (C=O) groups is 1. The molecule has 0 unspecified atom stereocenters. The number of aromatic nitrogens is 1. The van der Waals surface area contributed by atoms with Crippen LogP contribution in [0.1, 0.15) is 27.2 Å². The number of rotatable bonds is 3. The second-order valence-corrected chi connectivity index (χ2v) is 7.19. The van der Waals surface area contributed by atoms with E-state index in [9.17, 15) is 4.79 Å². The number of fused-ring (bicyclic) bond motifs is 2. The molecule has 0 amide bonds. The molecule has 1 aromatic heterocycles. The van der Waals surface area contributed by atoms with Crippen LogP contribution in [0.5, 0.6) is 0 Å². The summed E-state index contributed by atoms with van der Waals surface area (Å²) < 4.78 is 0. The minimum Gasteiger partial charge on any atom is -1.00 e. The molecule has 1 aliphatic rings. The van der Waals surface area contributed by atoms with Gasteiger partial charge in [0.05, 0.1) is 5.69 Å². The van der Waals surface area contributed by atoms with Gasteiger partial charge in [-0.3, -0.25) is 4.79 Å². The molecule has 0 bridgehead atoms. The minimum absolute atomic E-state index is 0. The SMILES string of the molecule is Cc1cccc(C)c1Nc1c(C2=[NH+]c3ccccc3C2=O)[nH]c2ccccc12.[Cl-]. The third kappa shape index (κ3) is 3.02. The lowest BCUT2D eigenvalue weighted by Gasteiger charge is -2.13. The highest BCUT2D eigenvalue weighted by Gasteiger charge is 2.36. The molecule has 0 aliphatic carbocycles. The number of hydrogen-bond donors (Lipinski definition) is 3. The van der Waals surface area contributed by atoms with Crippen molar-refractivity contribution in [3.63, 3.8) is 0 Å². The van der Waals surface area contributed by atoms with Gasteiger partial charge < -0.3 is 22.7 Å². The molecular formula is C24H20ClN3O. The Balaban J connectivity index is 0.00000205. The standard InChI is InChI=1S/C24H19N3O.ClH/c1-14-8-7-9-15(2)20(14)27-21-16-10-3-5-12-18(16)25-22(21)23-24(28)17-11-4-6-13-19(17)26-23;/h3-13,25,27H,1-2H3;1H. The van der Waals surface area contributed by atoms with Crippen molar-refractivity contribution >= 4 is 39.5 Å². The van der Waals surface area contributed by atoms with Gasteiger partial charge in [-0.2, -0.15) is 4.99 Å². The normalized spacial score (nSPS) is 12.5. The molecule has 2 heterocycles. The van der Waals surface area contributed by atoms with Crippen molar-refractivity contribution in [2.24, 2.45) is 0 Å². The molecule has 3 aromatic carbocycles. The van der Waals surface area contributed by atoms with Crippen molar-refractivity contribution in [1.82, 2.24) is 4.98 Å². The van der Waals surface area contributed by atoms with Gasteiger partial charge in [0.2, 0.25) is 5.69 Å². The maximum absolute atomic E-state index is 13.1. The third-order valence-corrected chi connectivity index (χ3v) is 5.35. The minimum atomic E-state index is 0. The highest BCUT2D eigenvalue weighted by Crippen LogP contribution is 2.34. The van der Waals surface area contributed by atoms with Crippen molar-refractivity contribution < 1.29 is 22.2 Å². The van der Waals surface area contributed by atoms with E-state index < -0.39 is 0 Å². The number of halogens is 1.